The lowest BCUT2D eigenvalue weighted by atomic mass is 10.2. The average molecular weight is 417 g/mol. The molecule has 19 heavy (non-hydrogen) atoms. The fourth-order valence-corrected chi connectivity index (χ4v) is 2.97. The number of nitrogens with zero attached hydrogens (tertiary/aromatic N) is 1. The van der Waals surface area contributed by atoms with Gasteiger partial charge in [0, 0.05) is 23.1 Å². The third-order valence-corrected chi connectivity index (χ3v) is 5.47. The molecular weight excluding hydrogens is 389 g/mol. The second-order valence-electron chi connectivity index (χ2n) is 5.22. The van der Waals surface area contributed by atoms with Crippen molar-refractivity contribution >= 4 is 53.5 Å². The number of guanidine groups is 1. The van der Waals surface area contributed by atoms with Crippen LogP contribution in [0.1, 0.15) is 33.6 Å². The summed E-state index contributed by atoms with van der Waals surface area (Å²) in [6.45, 7) is 8.36. The molecular formula is C13H28IN3S2. The van der Waals surface area contributed by atoms with Crippen molar-refractivity contribution in [1.82, 2.24) is 10.6 Å². The Labute approximate surface area is 143 Å². The molecule has 0 aromatic rings. The van der Waals surface area contributed by atoms with Crippen LogP contribution in [0.15, 0.2) is 4.99 Å². The van der Waals surface area contributed by atoms with Crippen LogP contribution in [-0.2, 0) is 0 Å². The molecule has 0 spiro atoms. The molecule has 1 atom stereocenters. The minimum atomic E-state index is 0. The predicted molar refractivity (Wildman–Crippen MR) is 102 cm³/mol. The van der Waals surface area contributed by atoms with Crippen LogP contribution in [0, 0.1) is 0 Å². The number of rotatable bonds is 5. The van der Waals surface area contributed by atoms with E-state index in [2.05, 4.69) is 37.7 Å². The van der Waals surface area contributed by atoms with E-state index < -0.39 is 0 Å². The molecule has 1 rings (SSSR count). The molecule has 6 heteroatoms. The van der Waals surface area contributed by atoms with Gasteiger partial charge in [-0.15, -0.1) is 24.0 Å². The molecule has 1 fully saturated rings. The van der Waals surface area contributed by atoms with Gasteiger partial charge in [-0.3, -0.25) is 4.99 Å². The van der Waals surface area contributed by atoms with Gasteiger partial charge in [0.2, 0.25) is 0 Å². The lowest BCUT2D eigenvalue weighted by Gasteiger charge is -2.26. The molecule has 1 saturated heterocycles. The summed E-state index contributed by atoms with van der Waals surface area (Å²) in [4.78, 5) is 4.71. The van der Waals surface area contributed by atoms with E-state index in [1.165, 1.54) is 24.3 Å². The van der Waals surface area contributed by atoms with Gasteiger partial charge >= 0.3 is 0 Å². The Bertz CT molecular complexity index is 267. The van der Waals surface area contributed by atoms with E-state index in [1.807, 2.05) is 23.5 Å². The molecule has 1 unspecified atom stereocenters. The van der Waals surface area contributed by atoms with Crippen molar-refractivity contribution in [1.29, 1.82) is 0 Å². The van der Waals surface area contributed by atoms with Crippen LogP contribution in [0.5, 0.6) is 0 Å². The van der Waals surface area contributed by atoms with E-state index in [0.29, 0.717) is 6.04 Å². The van der Waals surface area contributed by atoms with Crippen molar-refractivity contribution < 1.29 is 0 Å². The molecule has 2 N–H and O–H groups in total. The summed E-state index contributed by atoms with van der Waals surface area (Å²) in [6, 6.07) is 0.582. The SMILES string of the molecule is CCNC(=NCC(C)(C)SC)NC1CCCSC1.I. The van der Waals surface area contributed by atoms with E-state index in [9.17, 15) is 0 Å². The number of nitrogens with one attached hydrogen (secondary N) is 2. The maximum absolute atomic E-state index is 4.71. The molecule has 0 amide bonds. The highest BCUT2D eigenvalue weighted by Gasteiger charge is 2.17. The first-order valence-electron chi connectivity index (χ1n) is 6.75. The number of aliphatic imine (C=N–C) groups is 1. The molecule has 1 aliphatic rings. The maximum Gasteiger partial charge on any atom is 0.191 e. The third kappa shape index (κ3) is 8.55. The second-order valence-corrected chi connectivity index (χ2v) is 7.88. The summed E-state index contributed by atoms with van der Waals surface area (Å²) in [6.07, 6.45) is 4.73. The second kappa shape index (κ2) is 10.4. The Hall–Kier alpha value is 0.700. The number of hydrogen-bond acceptors (Lipinski definition) is 3. The van der Waals surface area contributed by atoms with Crippen LogP contribution in [-0.4, -0.2) is 47.6 Å². The molecule has 0 aromatic carbocycles. The molecule has 3 nitrogen and oxygen atoms in total. The van der Waals surface area contributed by atoms with Gasteiger partial charge < -0.3 is 10.6 Å². The lowest BCUT2D eigenvalue weighted by molar-refractivity contribution is 0.580. The molecule has 0 radical (unpaired) electrons. The Morgan fingerprint density at radius 3 is 2.74 bits per heavy atom. The van der Waals surface area contributed by atoms with E-state index in [4.69, 9.17) is 4.99 Å². The van der Waals surface area contributed by atoms with Crippen LogP contribution in [0.3, 0.4) is 0 Å². The molecule has 0 bridgehead atoms. The topological polar surface area (TPSA) is 36.4 Å². The Morgan fingerprint density at radius 2 is 2.21 bits per heavy atom. The van der Waals surface area contributed by atoms with Gasteiger partial charge in [-0.2, -0.15) is 23.5 Å². The Morgan fingerprint density at radius 1 is 1.47 bits per heavy atom. The maximum atomic E-state index is 4.71. The van der Waals surface area contributed by atoms with Gasteiger partial charge in [0.15, 0.2) is 5.96 Å². The first-order valence-corrected chi connectivity index (χ1v) is 9.13. The lowest BCUT2D eigenvalue weighted by Crippen LogP contribution is -2.46. The number of hydrogen-bond donors (Lipinski definition) is 2. The minimum Gasteiger partial charge on any atom is -0.357 e. The van der Waals surface area contributed by atoms with Crippen molar-refractivity contribution in [3.05, 3.63) is 0 Å². The molecule has 1 heterocycles. The largest absolute Gasteiger partial charge is 0.357 e. The highest BCUT2D eigenvalue weighted by molar-refractivity contribution is 14.0. The summed E-state index contributed by atoms with van der Waals surface area (Å²) in [7, 11) is 0. The van der Waals surface area contributed by atoms with Gasteiger partial charge in [-0.05, 0) is 45.6 Å². The van der Waals surface area contributed by atoms with Gasteiger partial charge in [0.25, 0.3) is 0 Å². The van der Waals surface area contributed by atoms with E-state index >= 15 is 0 Å². The minimum absolute atomic E-state index is 0. The van der Waals surface area contributed by atoms with Crippen molar-refractivity contribution in [2.24, 2.45) is 4.99 Å². The Kier molecular flexibility index (Phi) is 10.8. The van der Waals surface area contributed by atoms with Crippen LogP contribution < -0.4 is 10.6 Å². The zero-order chi connectivity index (χ0) is 13.4. The summed E-state index contributed by atoms with van der Waals surface area (Å²) in [5.74, 6) is 3.49. The smallest absolute Gasteiger partial charge is 0.191 e. The molecule has 0 saturated carbocycles. The molecule has 114 valence electrons. The predicted octanol–water partition coefficient (Wildman–Crippen LogP) is 3.20. The summed E-state index contributed by atoms with van der Waals surface area (Å²) in [5, 5.41) is 6.91. The third-order valence-electron chi connectivity index (χ3n) is 3.02. The van der Waals surface area contributed by atoms with Gasteiger partial charge in [-0.25, -0.2) is 0 Å². The molecule has 1 aliphatic heterocycles. The number of halogens is 1. The zero-order valence-corrected chi connectivity index (χ0v) is 16.5. The Balaban J connectivity index is 0.00000324. The summed E-state index contributed by atoms with van der Waals surface area (Å²) >= 11 is 3.91. The fourth-order valence-electron chi connectivity index (χ4n) is 1.70. The highest BCUT2D eigenvalue weighted by atomic mass is 127. The molecule has 0 aliphatic carbocycles. The van der Waals surface area contributed by atoms with Crippen LogP contribution in [0.4, 0.5) is 0 Å². The summed E-state index contributed by atoms with van der Waals surface area (Å²) < 4.78 is 0.212. The van der Waals surface area contributed by atoms with E-state index in [0.717, 1.165) is 19.0 Å². The quantitative estimate of drug-likeness (QED) is 0.409. The van der Waals surface area contributed by atoms with Crippen molar-refractivity contribution in [2.75, 3.05) is 30.9 Å². The van der Waals surface area contributed by atoms with Crippen molar-refractivity contribution in [3.8, 4) is 0 Å². The van der Waals surface area contributed by atoms with Gasteiger partial charge in [0.1, 0.15) is 0 Å². The van der Waals surface area contributed by atoms with Crippen LogP contribution in [0.2, 0.25) is 0 Å². The van der Waals surface area contributed by atoms with Gasteiger partial charge in [0.05, 0.1) is 6.54 Å². The monoisotopic (exact) mass is 417 g/mol. The fraction of sp³-hybridized carbons (Fsp3) is 0.923. The first kappa shape index (κ1) is 19.7. The average Bonchev–Trinajstić information content (AvgIpc) is 2.38. The first-order chi connectivity index (χ1) is 8.57. The molecule has 0 aromatic heterocycles. The zero-order valence-electron chi connectivity index (χ0n) is 12.5. The van der Waals surface area contributed by atoms with Crippen LogP contribution in [0.25, 0.3) is 0 Å². The number of thioether (sulfide) groups is 2. The normalized spacial score (nSPS) is 20.6. The van der Waals surface area contributed by atoms with Crippen LogP contribution >= 0.6 is 47.5 Å². The van der Waals surface area contributed by atoms with Crippen molar-refractivity contribution in [2.45, 2.75) is 44.4 Å². The highest BCUT2D eigenvalue weighted by Crippen LogP contribution is 2.21. The van der Waals surface area contributed by atoms with Gasteiger partial charge in [-0.1, -0.05) is 0 Å². The van der Waals surface area contributed by atoms with E-state index in [-0.39, 0.29) is 28.7 Å². The standard InChI is InChI=1S/C13H27N3S2.HI/c1-5-14-12(15-10-13(2,3)17-4)16-11-7-6-8-18-9-11;/h11H,5-10H2,1-4H3,(H2,14,15,16);1H. The van der Waals surface area contributed by atoms with E-state index in [1.54, 1.807) is 0 Å². The summed E-state index contributed by atoms with van der Waals surface area (Å²) in [5.41, 5.74) is 0. The van der Waals surface area contributed by atoms with Crippen molar-refractivity contribution in [3.63, 3.8) is 0 Å².